The first-order chi connectivity index (χ1) is 10.4. The summed E-state index contributed by atoms with van der Waals surface area (Å²) < 4.78 is 5.79. The Balaban J connectivity index is 2.60. The molecule has 2 N–H and O–H groups in total. The number of primary amides is 1. The Morgan fingerprint density at radius 3 is 2.73 bits per heavy atom. The van der Waals surface area contributed by atoms with E-state index in [0.717, 1.165) is 11.8 Å². The number of benzene rings is 1. The Hall–Kier alpha value is -2.35. The van der Waals surface area contributed by atoms with Gasteiger partial charge < -0.3 is 10.5 Å². The van der Waals surface area contributed by atoms with E-state index in [1.54, 1.807) is 31.2 Å². The summed E-state index contributed by atoms with van der Waals surface area (Å²) in [5, 5.41) is 0.0554. The maximum absolute atomic E-state index is 12.5. The molecule has 1 aromatic carbocycles. The van der Waals surface area contributed by atoms with Crippen molar-refractivity contribution in [2.24, 2.45) is 5.73 Å². The van der Waals surface area contributed by atoms with Crippen LogP contribution in [0.15, 0.2) is 34.2 Å². The number of carbonyl (C=O) groups is 2. The second-order valence-corrected chi connectivity index (χ2v) is 5.85. The fourth-order valence-electron chi connectivity index (χ4n) is 1.79. The number of esters is 1. The van der Waals surface area contributed by atoms with Crippen molar-refractivity contribution in [3.63, 3.8) is 0 Å². The van der Waals surface area contributed by atoms with Gasteiger partial charge in [0.1, 0.15) is 6.54 Å². The highest BCUT2D eigenvalue weighted by Gasteiger charge is 2.19. The van der Waals surface area contributed by atoms with Gasteiger partial charge in [-0.3, -0.25) is 19.0 Å². The number of nitrogens with two attached hydrogens (primary N) is 1. The van der Waals surface area contributed by atoms with Gasteiger partial charge in [0, 0.05) is 0 Å². The minimum atomic E-state index is -0.586. The van der Waals surface area contributed by atoms with E-state index in [0.29, 0.717) is 10.9 Å². The molecule has 0 saturated heterocycles. The number of para-hydroxylation sites is 1. The van der Waals surface area contributed by atoms with Crippen LogP contribution >= 0.6 is 11.8 Å². The van der Waals surface area contributed by atoms with Crippen LogP contribution in [0.25, 0.3) is 10.9 Å². The molecule has 1 aromatic heterocycles. The number of aromatic nitrogens is 2. The van der Waals surface area contributed by atoms with E-state index in [9.17, 15) is 14.4 Å². The Labute approximate surface area is 130 Å². The molecule has 1 heterocycles. The second-order valence-electron chi connectivity index (χ2n) is 4.54. The zero-order chi connectivity index (χ0) is 16.3. The number of methoxy groups -OCH3 is 1. The summed E-state index contributed by atoms with van der Waals surface area (Å²) in [6.45, 7) is 1.33. The number of carbonyl (C=O) groups excluding carboxylic acids is 2. The molecule has 0 aliphatic heterocycles. The summed E-state index contributed by atoms with van der Waals surface area (Å²) in [5.41, 5.74) is 5.37. The van der Waals surface area contributed by atoms with Crippen LogP contribution in [0.1, 0.15) is 6.92 Å². The second kappa shape index (κ2) is 6.61. The monoisotopic (exact) mass is 321 g/mol. The van der Waals surface area contributed by atoms with Crippen LogP contribution in [-0.2, 0) is 20.9 Å². The van der Waals surface area contributed by atoms with Gasteiger partial charge in [0.2, 0.25) is 5.91 Å². The molecule has 0 aliphatic carbocycles. The Bertz CT molecular complexity index is 787. The molecule has 2 aromatic rings. The molecule has 8 heteroatoms. The van der Waals surface area contributed by atoms with Crippen LogP contribution in [0.3, 0.4) is 0 Å². The Morgan fingerprint density at radius 2 is 2.09 bits per heavy atom. The lowest BCUT2D eigenvalue weighted by atomic mass is 10.2. The molecule has 22 heavy (non-hydrogen) atoms. The van der Waals surface area contributed by atoms with Crippen LogP contribution in [0.2, 0.25) is 0 Å². The Morgan fingerprint density at radius 1 is 1.41 bits per heavy atom. The SMILES string of the molecule is COC(=O)Cn1c(S[C@H](C)C(N)=O)nc2ccccc2c1=O. The van der Waals surface area contributed by atoms with E-state index in [1.165, 1.54) is 11.7 Å². The van der Waals surface area contributed by atoms with Crippen LogP contribution in [-0.4, -0.2) is 33.8 Å². The number of rotatable bonds is 5. The van der Waals surface area contributed by atoms with Crippen LogP contribution in [0, 0.1) is 0 Å². The first-order valence-corrected chi connectivity index (χ1v) is 7.34. The van der Waals surface area contributed by atoms with Crippen molar-refractivity contribution in [1.29, 1.82) is 0 Å². The van der Waals surface area contributed by atoms with Crippen molar-refractivity contribution >= 4 is 34.5 Å². The zero-order valence-corrected chi connectivity index (χ0v) is 12.9. The molecule has 116 valence electrons. The largest absolute Gasteiger partial charge is 0.468 e. The van der Waals surface area contributed by atoms with Gasteiger partial charge in [-0.15, -0.1) is 0 Å². The molecular formula is C14H15N3O4S. The van der Waals surface area contributed by atoms with Crippen LogP contribution < -0.4 is 11.3 Å². The number of hydrogen-bond donors (Lipinski definition) is 1. The van der Waals surface area contributed by atoms with E-state index in [1.807, 2.05) is 0 Å². The fourth-order valence-corrected chi connectivity index (χ4v) is 2.65. The number of fused-ring (bicyclic) bond motifs is 1. The third-order valence-electron chi connectivity index (χ3n) is 3.02. The minimum Gasteiger partial charge on any atom is -0.468 e. The lowest BCUT2D eigenvalue weighted by Crippen LogP contribution is -2.29. The minimum absolute atomic E-state index is 0.250. The molecule has 0 radical (unpaired) electrons. The van der Waals surface area contributed by atoms with Crippen LogP contribution in [0.4, 0.5) is 0 Å². The fraction of sp³-hybridized carbons (Fsp3) is 0.286. The quantitative estimate of drug-likeness (QED) is 0.489. The summed E-state index contributed by atoms with van der Waals surface area (Å²) in [5.74, 6) is -1.11. The van der Waals surface area contributed by atoms with Crippen molar-refractivity contribution in [2.45, 2.75) is 23.9 Å². The lowest BCUT2D eigenvalue weighted by molar-refractivity contribution is -0.141. The van der Waals surface area contributed by atoms with E-state index in [4.69, 9.17) is 5.73 Å². The molecule has 0 aliphatic rings. The Kier molecular flexibility index (Phi) is 4.81. The molecule has 0 bridgehead atoms. The summed E-state index contributed by atoms with van der Waals surface area (Å²) in [6, 6.07) is 6.79. The van der Waals surface area contributed by atoms with Crippen molar-refractivity contribution < 1.29 is 14.3 Å². The van der Waals surface area contributed by atoms with Gasteiger partial charge >= 0.3 is 5.97 Å². The van der Waals surface area contributed by atoms with Crippen molar-refractivity contribution in [1.82, 2.24) is 9.55 Å². The van der Waals surface area contributed by atoms with Crippen molar-refractivity contribution in [3.05, 3.63) is 34.6 Å². The van der Waals surface area contributed by atoms with Gasteiger partial charge in [0.25, 0.3) is 5.56 Å². The lowest BCUT2D eigenvalue weighted by Gasteiger charge is -2.14. The van der Waals surface area contributed by atoms with Gasteiger partial charge in [-0.05, 0) is 19.1 Å². The van der Waals surface area contributed by atoms with E-state index in [-0.39, 0.29) is 17.3 Å². The number of ether oxygens (including phenoxy) is 1. The average Bonchev–Trinajstić information content (AvgIpc) is 2.50. The van der Waals surface area contributed by atoms with Gasteiger partial charge in [0.05, 0.1) is 23.3 Å². The summed E-state index contributed by atoms with van der Waals surface area (Å²) in [7, 11) is 1.24. The highest BCUT2D eigenvalue weighted by atomic mass is 32.2. The van der Waals surface area contributed by atoms with E-state index in [2.05, 4.69) is 9.72 Å². The highest BCUT2D eigenvalue weighted by molar-refractivity contribution is 8.00. The van der Waals surface area contributed by atoms with Gasteiger partial charge in [-0.2, -0.15) is 0 Å². The van der Waals surface area contributed by atoms with Crippen molar-refractivity contribution in [2.75, 3.05) is 7.11 Å². The van der Waals surface area contributed by atoms with E-state index >= 15 is 0 Å². The molecule has 1 amide bonds. The third-order valence-corrected chi connectivity index (χ3v) is 4.13. The molecule has 0 fully saturated rings. The first-order valence-electron chi connectivity index (χ1n) is 6.46. The maximum atomic E-state index is 12.5. The van der Waals surface area contributed by atoms with Gasteiger partial charge in [0.15, 0.2) is 5.16 Å². The number of nitrogens with zero attached hydrogens (tertiary/aromatic N) is 2. The normalized spacial score (nSPS) is 12.1. The van der Waals surface area contributed by atoms with Gasteiger partial charge in [-0.25, -0.2) is 4.98 Å². The molecule has 7 nitrogen and oxygen atoms in total. The number of thioether (sulfide) groups is 1. The van der Waals surface area contributed by atoms with E-state index < -0.39 is 17.1 Å². The summed E-state index contributed by atoms with van der Waals surface area (Å²) in [4.78, 5) is 39.7. The molecular weight excluding hydrogens is 306 g/mol. The summed E-state index contributed by atoms with van der Waals surface area (Å²) in [6.07, 6.45) is 0. The number of hydrogen-bond acceptors (Lipinski definition) is 6. The predicted octanol–water partition coefficient (Wildman–Crippen LogP) is 0.535. The maximum Gasteiger partial charge on any atom is 0.325 e. The molecule has 2 rings (SSSR count). The third kappa shape index (κ3) is 3.28. The topological polar surface area (TPSA) is 104 Å². The predicted molar refractivity (Wildman–Crippen MR) is 82.5 cm³/mol. The zero-order valence-electron chi connectivity index (χ0n) is 12.1. The average molecular weight is 321 g/mol. The summed E-state index contributed by atoms with van der Waals surface area (Å²) >= 11 is 1.03. The van der Waals surface area contributed by atoms with Crippen molar-refractivity contribution in [3.8, 4) is 0 Å². The standard InChI is InChI=1S/C14H15N3O4S/c1-8(12(15)19)22-14-16-10-6-4-3-5-9(10)13(20)17(14)7-11(18)21-2/h3-6,8H,7H2,1-2H3,(H2,15,19)/t8-/m1/s1. The first kappa shape index (κ1) is 16.0. The highest BCUT2D eigenvalue weighted by Crippen LogP contribution is 2.22. The van der Waals surface area contributed by atoms with Crippen LogP contribution in [0.5, 0.6) is 0 Å². The number of amides is 1. The molecule has 0 saturated carbocycles. The molecule has 1 atom stereocenters. The molecule has 0 unspecified atom stereocenters. The molecule has 0 spiro atoms. The smallest absolute Gasteiger partial charge is 0.325 e. The van der Waals surface area contributed by atoms with Gasteiger partial charge in [-0.1, -0.05) is 23.9 Å².